The Morgan fingerprint density at radius 1 is 1.43 bits per heavy atom. The van der Waals surface area contributed by atoms with Gasteiger partial charge in [-0.05, 0) is 32.0 Å². The molecule has 3 N–H and O–H groups in total. The maximum absolute atomic E-state index is 12.1. The molecule has 0 aliphatic heterocycles. The Hall–Kier alpha value is -1.56. The first-order valence-electron chi connectivity index (χ1n) is 6.35. The molecule has 5 nitrogen and oxygen atoms in total. The number of hydrogen-bond donors (Lipinski definition) is 2. The monoisotopic (exact) mass is 326 g/mol. The number of rotatable bonds is 4. The molecule has 1 aromatic heterocycles. The molecule has 0 fully saturated rings. The standard InChI is InChI=1S/C14H16Cl2N4O/c1-14(2,8-17)19-13(21)9-6-18-20(7-9)12-4-3-10(15)5-11(12)16/h3-7H,8,17H2,1-2H3,(H,19,21). The highest BCUT2D eigenvalue weighted by Crippen LogP contribution is 2.24. The molecular weight excluding hydrogens is 311 g/mol. The third-order valence-corrected chi connectivity index (χ3v) is 3.50. The molecule has 0 aliphatic rings. The predicted octanol–water partition coefficient (Wildman–Crippen LogP) is 2.65. The number of halogens is 2. The second kappa shape index (κ2) is 6.05. The van der Waals surface area contributed by atoms with Crippen LogP contribution >= 0.6 is 23.2 Å². The summed E-state index contributed by atoms with van der Waals surface area (Å²) in [7, 11) is 0. The summed E-state index contributed by atoms with van der Waals surface area (Å²) < 4.78 is 1.53. The molecule has 2 aromatic rings. The summed E-state index contributed by atoms with van der Waals surface area (Å²) in [6.07, 6.45) is 3.09. The first-order valence-corrected chi connectivity index (χ1v) is 7.11. The zero-order chi connectivity index (χ0) is 15.6. The molecule has 0 saturated heterocycles. The molecule has 0 atom stereocenters. The fourth-order valence-corrected chi connectivity index (χ4v) is 2.16. The van der Waals surface area contributed by atoms with Crippen LogP contribution in [0.1, 0.15) is 24.2 Å². The van der Waals surface area contributed by atoms with E-state index < -0.39 is 5.54 Å². The molecule has 0 spiro atoms. The van der Waals surface area contributed by atoms with Gasteiger partial charge in [0.2, 0.25) is 0 Å². The predicted molar refractivity (Wildman–Crippen MR) is 84.2 cm³/mol. The lowest BCUT2D eigenvalue weighted by molar-refractivity contribution is 0.0915. The third kappa shape index (κ3) is 3.75. The van der Waals surface area contributed by atoms with E-state index in [0.29, 0.717) is 27.8 Å². The van der Waals surface area contributed by atoms with Gasteiger partial charge in [-0.3, -0.25) is 4.79 Å². The lowest BCUT2D eigenvalue weighted by Crippen LogP contribution is -2.48. The number of amides is 1. The normalized spacial score (nSPS) is 11.5. The maximum atomic E-state index is 12.1. The van der Waals surface area contributed by atoms with Crippen LogP contribution in [0.5, 0.6) is 0 Å². The van der Waals surface area contributed by atoms with Crippen molar-refractivity contribution in [1.82, 2.24) is 15.1 Å². The average molecular weight is 327 g/mol. The molecule has 0 aliphatic carbocycles. The minimum absolute atomic E-state index is 0.234. The first kappa shape index (κ1) is 15.8. The van der Waals surface area contributed by atoms with Gasteiger partial charge < -0.3 is 11.1 Å². The van der Waals surface area contributed by atoms with Gasteiger partial charge in [0.25, 0.3) is 5.91 Å². The SMILES string of the molecule is CC(C)(CN)NC(=O)c1cnn(-c2ccc(Cl)cc2Cl)c1. The topological polar surface area (TPSA) is 72.9 Å². The van der Waals surface area contributed by atoms with Crippen molar-refractivity contribution >= 4 is 29.1 Å². The summed E-state index contributed by atoms with van der Waals surface area (Å²) in [5, 5.41) is 7.99. The van der Waals surface area contributed by atoms with Gasteiger partial charge in [0.15, 0.2) is 0 Å². The van der Waals surface area contributed by atoms with Crippen LogP contribution in [0.2, 0.25) is 10.0 Å². The van der Waals surface area contributed by atoms with Crippen LogP contribution in [0.25, 0.3) is 5.69 Å². The smallest absolute Gasteiger partial charge is 0.254 e. The highest BCUT2D eigenvalue weighted by molar-refractivity contribution is 6.35. The molecule has 1 heterocycles. The number of hydrogen-bond acceptors (Lipinski definition) is 3. The van der Waals surface area contributed by atoms with Gasteiger partial charge in [-0.1, -0.05) is 23.2 Å². The number of benzene rings is 1. The number of nitrogens with zero attached hydrogens (tertiary/aromatic N) is 2. The number of aromatic nitrogens is 2. The van der Waals surface area contributed by atoms with E-state index in [-0.39, 0.29) is 5.91 Å². The van der Waals surface area contributed by atoms with Crippen molar-refractivity contribution in [2.75, 3.05) is 6.54 Å². The molecule has 7 heteroatoms. The number of nitrogens with one attached hydrogen (secondary N) is 1. The molecule has 0 bridgehead atoms. The zero-order valence-corrected chi connectivity index (χ0v) is 13.2. The fraction of sp³-hybridized carbons (Fsp3) is 0.286. The summed E-state index contributed by atoms with van der Waals surface area (Å²) in [4.78, 5) is 12.1. The summed E-state index contributed by atoms with van der Waals surface area (Å²) in [5.41, 5.74) is 6.21. The van der Waals surface area contributed by atoms with Gasteiger partial charge in [0, 0.05) is 23.3 Å². The Kier molecular flexibility index (Phi) is 4.56. The van der Waals surface area contributed by atoms with Crippen LogP contribution in [-0.4, -0.2) is 27.8 Å². The average Bonchev–Trinajstić information content (AvgIpc) is 2.88. The van der Waals surface area contributed by atoms with Crippen LogP contribution < -0.4 is 11.1 Å². The molecule has 0 saturated carbocycles. The Bertz CT molecular complexity index is 667. The lowest BCUT2D eigenvalue weighted by Gasteiger charge is -2.23. The van der Waals surface area contributed by atoms with Crippen molar-refractivity contribution in [3.05, 3.63) is 46.2 Å². The molecule has 0 unspecified atom stereocenters. The minimum Gasteiger partial charge on any atom is -0.346 e. The molecular formula is C14H16Cl2N4O. The molecule has 1 amide bonds. The van der Waals surface area contributed by atoms with Crippen LogP contribution in [-0.2, 0) is 0 Å². The van der Waals surface area contributed by atoms with Crippen LogP contribution in [0.15, 0.2) is 30.6 Å². The van der Waals surface area contributed by atoms with Crippen molar-refractivity contribution in [2.24, 2.45) is 5.73 Å². The van der Waals surface area contributed by atoms with Gasteiger partial charge in [0.1, 0.15) is 0 Å². The zero-order valence-electron chi connectivity index (χ0n) is 11.7. The molecule has 1 aromatic carbocycles. The molecule has 112 valence electrons. The number of carbonyl (C=O) groups excluding carboxylic acids is 1. The Morgan fingerprint density at radius 2 is 2.14 bits per heavy atom. The van der Waals surface area contributed by atoms with Gasteiger partial charge in [-0.2, -0.15) is 5.10 Å². The van der Waals surface area contributed by atoms with E-state index in [9.17, 15) is 4.79 Å². The van der Waals surface area contributed by atoms with Gasteiger partial charge in [-0.25, -0.2) is 4.68 Å². The third-order valence-electron chi connectivity index (χ3n) is 2.96. The summed E-state index contributed by atoms with van der Waals surface area (Å²) in [6.45, 7) is 4.05. The second-order valence-corrected chi connectivity index (χ2v) is 6.16. The highest BCUT2D eigenvalue weighted by Gasteiger charge is 2.20. The van der Waals surface area contributed by atoms with Crippen LogP contribution in [0.4, 0.5) is 0 Å². The Morgan fingerprint density at radius 3 is 2.76 bits per heavy atom. The Balaban J connectivity index is 2.24. The van der Waals surface area contributed by atoms with Gasteiger partial charge in [-0.15, -0.1) is 0 Å². The fourth-order valence-electron chi connectivity index (χ4n) is 1.67. The minimum atomic E-state index is -0.475. The highest BCUT2D eigenvalue weighted by atomic mass is 35.5. The van der Waals surface area contributed by atoms with E-state index in [1.807, 2.05) is 13.8 Å². The van der Waals surface area contributed by atoms with Crippen LogP contribution in [0, 0.1) is 0 Å². The van der Waals surface area contributed by atoms with Crippen molar-refractivity contribution < 1.29 is 4.79 Å². The molecule has 0 radical (unpaired) electrons. The second-order valence-electron chi connectivity index (χ2n) is 5.31. The largest absolute Gasteiger partial charge is 0.346 e. The summed E-state index contributed by atoms with van der Waals surface area (Å²) >= 11 is 12.0. The van der Waals surface area contributed by atoms with E-state index in [1.165, 1.54) is 10.9 Å². The van der Waals surface area contributed by atoms with E-state index in [1.54, 1.807) is 24.4 Å². The Labute approximate surface area is 133 Å². The summed E-state index contributed by atoms with van der Waals surface area (Å²) in [6, 6.07) is 5.07. The van der Waals surface area contributed by atoms with Crippen molar-refractivity contribution in [2.45, 2.75) is 19.4 Å². The van der Waals surface area contributed by atoms with Crippen LogP contribution in [0.3, 0.4) is 0 Å². The first-order chi connectivity index (χ1) is 9.82. The van der Waals surface area contributed by atoms with Crippen molar-refractivity contribution in [3.63, 3.8) is 0 Å². The van der Waals surface area contributed by atoms with E-state index in [0.717, 1.165) is 0 Å². The van der Waals surface area contributed by atoms with E-state index in [2.05, 4.69) is 10.4 Å². The van der Waals surface area contributed by atoms with E-state index >= 15 is 0 Å². The maximum Gasteiger partial charge on any atom is 0.254 e. The van der Waals surface area contributed by atoms with Gasteiger partial charge >= 0.3 is 0 Å². The van der Waals surface area contributed by atoms with Gasteiger partial charge in [0.05, 0.1) is 22.5 Å². The lowest BCUT2D eigenvalue weighted by atomic mass is 10.1. The number of carbonyl (C=O) groups is 1. The van der Waals surface area contributed by atoms with Crippen molar-refractivity contribution in [1.29, 1.82) is 0 Å². The number of nitrogens with two attached hydrogens (primary N) is 1. The molecule has 2 rings (SSSR count). The molecule has 21 heavy (non-hydrogen) atoms. The van der Waals surface area contributed by atoms with E-state index in [4.69, 9.17) is 28.9 Å². The summed E-state index contributed by atoms with van der Waals surface area (Å²) in [5.74, 6) is -0.234. The van der Waals surface area contributed by atoms with Crippen molar-refractivity contribution in [3.8, 4) is 5.69 Å². The quantitative estimate of drug-likeness (QED) is 0.907.